The van der Waals surface area contributed by atoms with Gasteiger partial charge < -0.3 is 4.90 Å². The molecule has 0 amide bonds. The van der Waals surface area contributed by atoms with Crippen LogP contribution in [0.2, 0.25) is 5.02 Å². The average Bonchev–Trinajstić information content (AvgIpc) is 2.49. The zero-order valence-electron chi connectivity index (χ0n) is 11.5. The quantitative estimate of drug-likeness (QED) is 0.850. The van der Waals surface area contributed by atoms with Crippen LogP contribution in [0.4, 0.5) is 5.69 Å². The lowest BCUT2D eigenvalue weighted by Gasteiger charge is -2.36. The number of anilines is 1. The number of piperazine rings is 1. The maximum atomic E-state index is 6.04. The summed E-state index contributed by atoms with van der Waals surface area (Å²) in [7, 11) is 0. The molecule has 2 nitrogen and oxygen atoms in total. The second-order valence-corrected chi connectivity index (χ2v) is 5.67. The van der Waals surface area contributed by atoms with Crippen LogP contribution in [-0.2, 0) is 6.54 Å². The fraction of sp³-hybridized carbons (Fsp3) is 0.294. The number of nitrogens with zero attached hydrogens (tertiary/aromatic N) is 2. The summed E-state index contributed by atoms with van der Waals surface area (Å²) in [4.78, 5) is 4.94. The number of hydrogen-bond acceptors (Lipinski definition) is 2. The summed E-state index contributed by atoms with van der Waals surface area (Å²) >= 11 is 6.04. The van der Waals surface area contributed by atoms with Crippen LogP contribution in [0, 0.1) is 0 Å². The molecule has 0 aromatic heterocycles. The molecule has 1 saturated heterocycles. The Morgan fingerprint density at radius 2 is 1.60 bits per heavy atom. The van der Waals surface area contributed by atoms with E-state index in [0.29, 0.717) is 0 Å². The van der Waals surface area contributed by atoms with Crippen LogP contribution in [-0.4, -0.2) is 31.1 Å². The van der Waals surface area contributed by atoms with E-state index in [4.69, 9.17) is 11.6 Å². The van der Waals surface area contributed by atoms with Gasteiger partial charge in [0, 0.05) is 43.4 Å². The van der Waals surface area contributed by atoms with Gasteiger partial charge >= 0.3 is 0 Å². The van der Waals surface area contributed by atoms with E-state index >= 15 is 0 Å². The van der Waals surface area contributed by atoms with Crippen LogP contribution in [0.1, 0.15) is 5.56 Å². The van der Waals surface area contributed by atoms with E-state index < -0.39 is 0 Å². The van der Waals surface area contributed by atoms with Gasteiger partial charge in [-0.1, -0.05) is 41.9 Å². The zero-order valence-corrected chi connectivity index (χ0v) is 12.3. The number of benzene rings is 2. The van der Waals surface area contributed by atoms with Crippen molar-refractivity contribution in [1.82, 2.24) is 4.90 Å². The SMILES string of the molecule is Clc1cccc(CN2CCN(c3ccccc3)CC2)c1. The maximum Gasteiger partial charge on any atom is 0.0409 e. The number of hydrogen-bond donors (Lipinski definition) is 0. The predicted molar refractivity (Wildman–Crippen MR) is 85.4 cm³/mol. The second kappa shape index (κ2) is 6.29. The summed E-state index contributed by atoms with van der Waals surface area (Å²) < 4.78 is 0. The van der Waals surface area contributed by atoms with Gasteiger partial charge in [0.2, 0.25) is 0 Å². The molecule has 20 heavy (non-hydrogen) atoms. The Hall–Kier alpha value is -1.51. The number of rotatable bonds is 3. The molecule has 0 saturated carbocycles. The molecule has 104 valence electrons. The molecule has 0 bridgehead atoms. The van der Waals surface area contributed by atoms with E-state index in [1.54, 1.807) is 0 Å². The summed E-state index contributed by atoms with van der Waals surface area (Å²) in [6.45, 7) is 5.36. The molecule has 0 unspecified atom stereocenters. The summed E-state index contributed by atoms with van der Waals surface area (Å²) in [6, 6.07) is 18.8. The maximum absolute atomic E-state index is 6.04. The summed E-state index contributed by atoms with van der Waals surface area (Å²) in [5, 5.41) is 0.824. The topological polar surface area (TPSA) is 6.48 Å². The molecule has 0 spiro atoms. The van der Waals surface area contributed by atoms with Gasteiger partial charge in [0.05, 0.1) is 0 Å². The Kier molecular flexibility index (Phi) is 4.24. The highest BCUT2D eigenvalue weighted by atomic mass is 35.5. The fourth-order valence-corrected chi connectivity index (χ4v) is 2.91. The third-order valence-electron chi connectivity index (χ3n) is 3.79. The average molecular weight is 287 g/mol. The summed E-state index contributed by atoms with van der Waals surface area (Å²) in [5.74, 6) is 0. The van der Waals surface area contributed by atoms with Gasteiger partial charge in [-0.15, -0.1) is 0 Å². The third kappa shape index (κ3) is 3.33. The van der Waals surface area contributed by atoms with Crippen LogP contribution in [0.5, 0.6) is 0 Å². The van der Waals surface area contributed by atoms with Gasteiger partial charge in [-0.2, -0.15) is 0 Å². The molecule has 0 N–H and O–H groups in total. The van der Waals surface area contributed by atoms with E-state index in [-0.39, 0.29) is 0 Å². The highest BCUT2D eigenvalue weighted by Crippen LogP contribution is 2.17. The summed E-state index contributed by atoms with van der Waals surface area (Å²) in [5.41, 5.74) is 2.63. The Balaban J connectivity index is 1.56. The van der Waals surface area contributed by atoms with Crippen LogP contribution >= 0.6 is 11.6 Å². The van der Waals surface area contributed by atoms with E-state index in [1.165, 1.54) is 11.3 Å². The molecular weight excluding hydrogens is 268 g/mol. The van der Waals surface area contributed by atoms with Gasteiger partial charge in [0.25, 0.3) is 0 Å². The van der Waals surface area contributed by atoms with E-state index in [0.717, 1.165) is 37.7 Å². The van der Waals surface area contributed by atoms with Crippen LogP contribution in [0.15, 0.2) is 54.6 Å². The van der Waals surface area contributed by atoms with Crippen molar-refractivity contribution in [3.63, 3.8) is 0 Å². The number of para-hydroxylation sites is 1. The molecule has 3 heteroatoms. The fourth-order valence-electron chi connectivity index (χ4n) is 2.70. The van der Waals surface area contributed by atoms with E-state index in [9.17, 15) is 0 Å². The highest BCUT2D eigenvalue weighted by molar-refractivity contribution is 6.30. The van der Waals surface area contributed by atoms with Crippen LogP contribution < -0.4 is 4.90 Å². The Morgan fingerprint density at radius 3 is 2.30 bits per heavy atom. The number of halogens is 1. The van der Waals surface area contributed by atoms with E-state index in [2.05, 4.69) is 52.3 Å². The zero-order chi connectivity index (χ0) is 13.8. The van der Waals surface area contributed by atoms with Gasteiger partial charge in [-0.3, -0.25) is 4.90 Å². The first-order valence-corrected chi connectivity index (χ1v) is 7.46. The normalized spacial score (nSPS) is 16.4. The standard InChI is InChI=1S/C17H19ClN2/c18-16-6-4-5-15(13-16)14-19-9-11-20(12-10-19)17-7-2-1-3-8-17/h1-8,13H,9-12,14H2. The van der Waals surface area contributed by atoms with Crippen molar-refractivity contribution in [2.24, 2.45) is 0 Å². The van der Waals surface area contributed by atoms with Crippen molar-refractivity contribution in [3.8, 4) is 0 Å². The van der Waals surface area contributed by atoms with Gasteiger partial charge in [0.15, 0.2) is 0 Å². The molecule has 2 aromatic rings. The summed E-state index contributed by atoms with van der Waals surface area (Å²) in [6.07, 6.45) is 0. The molecule has 1 fully saturated rings. The van der Waals surface area contributed by atoms with Crippen molar-refractivity contribution in [1.29, 1.82) is 0 Å². The van der Waals surface area contributed by atoms with Crippen molar-refractivity contribution in [2.75, 3.05) is 31.1 Å². The van der Waals surface area contributed by atoms with Crippen molar-refractivity contribution >= 4 is 17.3 Å². The highest BCUT2D eigenvalue weighted by Gasteiger charge is 2.16. The van der Waals surface area contributed by atoms with Gasteiger partial charge in [-0.05, 0) is 29.8 Å². The first-order chi connectivity index (χ1) is 9.81. The molecule has 1 heterocycles. The Labute approximate surface area is 125 Å². The monoisotopic (exact) mass is 286 g/mol. The lowest BCUT2D eigenvalue weighted by molar-refractivity contribution is 0.250. The minimum absolute atomic E-state index is 0.824. The first kappa shape index (κ1) is 13.5. The predicted octanol–water partition coefficient (Wildman–Crippen LogP) is 3.66. The molecular formula is C17H19ClN2. The molecule has 3 rings (SSSR count). The molecule has 1 aliphatic heterocycles. The van der Waals surface area contributed by atoms with E-state index in [1.807, 2.05) is 12.1 Å². The minimum atomic E-state index is 0.824. The Bertz CT molecular complexity index is 548. The van der Waals surface area contributed by atoms with Crippen molar-refractivity contribution in [3.05, 3.63) is 65.2 Å². The molecule has 2 aromatic carbocycles. The minimum Gasteiger partial charge on any atom is -0.369 e. The van der Waals surface area contributed by atoms with Gasteiger partial charge in [-0.25, -0.2) is 0 Å². The largest absolute Gasteiger partial charge is 0.369 e. The van der Waals surface area contributed by atoms with Crippen LogP contribution in [0.25, 0.3) is 0 Å². The third-order valence-corrected chi connectivity index (χ3v) is 4.02. The Morgan fingerprint density at radius 1 is 0.850 bits per heavy atom. The molecule has 1 aliphatic rings. The van der Waals surface area contributed by atoms with Crippen LogP contribution in [0.3, 0.4) is 0 Å². The molecule has 0 aliphatic carbocycles. The second-order valence-electron chi connectivity index (χ2n) is 5.23. The van der Waals surface area contributed by atoms with Crippen molar-refractivity contribution in [2.45, 2.75) is 6.54 Å². The van der Waals surface area contributed by atoms with Crippen molar-refractivity contribution < 1.29 is 0 Å². The van der Waals surface area contributed by atoms with Gasteiger partial charge in [0.1, 0.15) is 0 Å². The lowest BCUT2D eigenvalue weighted by atomic mass is 10.2. The first-order valence-electron chi connectivity index (χ1n) is 7.08. The molecule has 0 atom stereocenters. The lowest BCUT2D eigenvalue weighted by Crippen LogP contribution is -2.45. The molecule has 0 radical (unpaired) electrons. The smallest absolute Gasteiger partial charge is 0.0409 e.